The highest BCUT2D eigenvalue weighted by Crippen LogP contribution is 2.43. The molecule has 0 rings (SSSR count). The number of nitrogens with one attached hydrogen (secondary N) is 1. The van der Waals surface area contributed by atoms with Gasteiger partial charge in [0.25, 0.3) is 0 Å². The van der Waals surface area contributed by atoms with Crippen molar-refractivity contribution in [3.05, 3.63) is 24.3 Å². The second-order valence-corrected chi connectivity index (χ2v) is 11.5. The number of hydrogen-bond acceptors (Lipinski definition) is 1. The van der Waals surface area contributed by atoms with E-state index in [0.29, 0.717) is 0 Å². The summed E-state index contributed by atoms with van der Waals surface area (Å²) in [5.74, 6) is 0. The van der Waals surface area contributed by atoms with Crippen LogP contribution in [-0.2, 0) is 0 Å². The molecule has 208 valence electrons. The summed E-state index contributed by atoms with van der Waals surface area (Å²) in [5.41, 5.74) is 3.09. The van der Waals surface area contributed by atoms with Crippen LogP contribution in [0.15, 0.2) is 24.3 Å². The van der Waals surface area contributed by atoms with E-state index in [2.05, 4.69) is 46.2 Å². The van der Waals surface area contributed by atoms with Crippen molar-refractivity contribution >= 4 is 0 Å². The molecule has 0 radical (unpaired) electrons. The largest absolute Gasteiger partial charge is 0.317 e. The molecule has 0 saturated carbocycles. The van der Waals surface area contributed by atoms with Crippen molar-refractivity contribution in [2.24, 2.45) is 5.41 Å². The third kappa shape index (κ3) is 19.2. The maximum Gasteiger partial charge on any atom is 0.00868 e. The predicted molar refractivity (Wildman–Crippen MR) is 162 cm³/mol. The maximum absolute atomic E-state index is 4.66. The average Bonchev–Trinajstić information content (AvgIpc) is 2.86. The van der Waals surface area contributed by atoms with Gasteiger partial charge in [-0.2, -0.15) is 0 Å². The Kier molecular flexibility index (Phi) is 24.7. The van der Waals surface area contributed by atoms with Crippen molar-refractivity contribution in [1.29, 1.82) is 0 Å². The number of rotatable bonds is 28. The van der Waals surface area contributed by atoms with Crippen LogP contribution in [0.4, 0.5) is 0 Å². The van der Waals surface area contributed by atoms with Crippen LogP contribution in [0, 0.1) is 5.41 Å². The Labute approximate surface area is 223 Å². The molecule has 0 spiro atoms. The first-order valence-electron chi connectivity index (χ1n) is 16.1. The van der Waals surface area contributed by atoms with E-state index in [0.717, 1.165) is 0 Å². The molecule has 0 heterocycles. The van der Waals surface area contributed by atoms with E-state index in [1.165, 1.54) is 172 Å². The van der Waals surface area contributed by atoms with Gasteiger partial charge in [0.15, 0.2) is 0 Å². The smallest absolute Gasteiger partial charge is 0.00868 e. The summed E-state index contributed by atoms with van der Waals surface area (Å²) in [6, 6.07) is 0. The lowest BCUT2D eigenvalue weighted by Crippen LogP contribution is -2.22. The van der Waals surface area contributed by atoms with Crippen molar-refractivity contribution < 1.29 is 0 Å². The molecule has 0 fully saturated rings. The zero-order valence-corrected chi connectivity index (χ0v) is 25.1. The van der Waals surface area contributed by atoms with E-state index in [-0.39, 0.29) is 5.41 Å². The highest BCUT2D eigenvalue weighted by molar-refractivity contribution is 5.24. The van der Waals surface area contributed by atoms with Gasteiger partial charge in [0.1, 0.15) is 0 Å². The molecule has 0 unspecified atom stereocenters. The van der Waals surface area contributed by atoms with Crippen LogP contribution < -0.4 is 5.32 Å². The molecule has 0 aromatic rings. The Morgan fingerprint density at radius 2 is 0.857 bits per heavy atom. The van der Waals surface area contributed by atoms with E-state index in [1.54, 1.807) is 0 Å². The van der Waals surface area contributed by atoms with E-state index >= 15 is 0 Å². The van der Waals surface area contributed by atoms with Crippen LogP contribution >= 0.6 is 0 Å². The van der Waals surface area contributed by atoms with Crippen LogP contribution in [0.2, 0.25) is 0 Å². The minimum Gasteiger partial charge on any atom is -0.317 e. The normalized spacial score (nSPS) is 11.8. The topological polar surface area (TPSA) is 12.0 Å². The molecule has 0 aliphatic rings. The molecular weight excluding hydrogens is 422 g/mol. The summed E-state index contributed by atoms with van der Waals surface area (Å²) >= 11 is 0. The van der Waals surface area contributed by atoms with E-state index in [4.69, 9.17) is 0 Å². The summed E-state index contributed by atoms with van der Waals surface area (Å²) in [4.78, 5) is 0. The lowest BCUT2D eigenvalue weighted by Gasteiger charge is -2.35. The predicted octanol–water partition coefficient (Wildman–Crippen LogP) is 11.7. The van der Waals surface area contributed by atoms with Crippen molar-refractivity contribution in [2.45, 2.75) is 175 Å². The number of hydrogen-bond donors (Lipinski definition) is 1. The minimum atomic E-state index is 0.143. The van der Waals surface area contributed by atoms with Gasteiger partial charge in [0.2, 0.25) is 0 Å². The minimum absolute atomic E-state index is 0.143. The maximum atomic E-state index is 4.66. The summed E-state index contributed by atoms with van der Waals surface area (Å²) in [5, 5.41) is 3.59. The Balaban J connectivity index is 4.47. The van der Waals surface area contributed by atoms with Gasteiger partial charge in [-0.15, -0.1) is 0 Å². The molecule has 0 aliphatic heterocycles. The summed E-state index contributed by atoms with van der Waals surface area (Å²) in [6.07, 6.45) is 30.9. The first-order valence-corrected chi connectivity index (χ1v) is 16.1. The quantitative estimate of drug-likeness (QED) is 0.0850. The molecule has 0 aromatic carbocycles. The molecule has 0 atom stereocenters. The van der Waals surface area contributed by atoms with Crippen LogP contribution in [0.1, 0.15) is 175 Å². The number of unbranched alkanes of at least 4 members (excludes halogenated alkanes) is 16. The summed E-state index contributed by atoms with van der Waals surface area (Å²) in [7, 11) is 0. The van der Waals surface area contributed by atoms with Crippen LogP contribution in [0.3, 0.4) is 0 Å². The van der Waals surface area contributed by atoms with E-state index < -0.39 is 0 Å². The van der Waals surface area contributed by atoms with Crippen LogP contribution in [-0.4, -0.2) is 13.1 Å². The molecule has 0 amide bonds. The van der Waals surface area contributed by atoms with Gasteiger partial charge in [-0.25, -0.2) is 0 Å². The third-order valence-electron chi connectivity index (χ3n) is 8.21. The Bertz CT molecular complexity index is 447. The zero-order chi connectivity index (χ0) is 26.0. The van der Waals surface area contributed by atoms with Gasteiger partial charge in [0, 0.05) is 5.41 Å². The van der Waals surface area contributed by atoms with Crippen molar-refractivity contribution in [3.8, 4) is 0 Å². The lowest BCUT2D eigenvalue weighted by molar-refractivity contribution is 0.380. The molecule has 0 bridgehead atoms. The van der Waals surface area contributed by atoms with Crippen molar-refractivity contribution in [1.82, 2.24) is 5.32 Å². The monoisotopic (exact) mass is 490 g/mol. The third-order valence-corrected chi connectivity index (χ3v) is 8.21. The Hall–Kier alpha value is -0.560. The first-order chi connectivity index (χ1) is 17.0. The van der Waals surface area contributed by atoms with Crippen molar-refractivity contribution in [3.63, 3.8) is 0 Å². The highest BCUT2D eigenvalue weighted by atomic mass is 14.8. The van der Waals surface area contributed by atoms with Gasteiger partial charge in [0.05, 0.1) is 0 Å². The first kappa shape index (κ1) is 34.4. The molecule has 0 aromatic heterocycles. The molecular formula is C34H67N. The van der Waals surface area contributed by atoms with Crippen LogP contribution in [0.5, 0.6) is 0 Å². The Morgan fingerprint density at radius 3 is 1.34 bits per heavy atom. The van der Waals surface area contributed by atoms with E-state index in [9.17, 15) is 0 Å². The van der Waals surface area contributed by atoms with Crippen molar-refractivity contribution in [2.75, 3.05) is 13.1 Å². The van der Waals surface area contributed by atoms with Gasteiger partial charge in [-0.1, -0.05) is 155 Å². The average molecular weight is 490 g/mol. The summed E-state index contributed by atoms with van der Waals surface area (Å²) < 4.78 is 0. The number of allylic oxidation sites excluding steroid dienone is 2. The summed E-state index contributed by atoms with van der Waals surface area (Å²) in [6.45, 7) is 21.0. The van der Waals surface area contributed by atoms with Gasteiger partial charge in [-0.05, 0) is 58.0 Å². The molecule has 1 heteroatoms. The molecule has 1 nitrogen and oxygen atoms in total. The SMILES string of the molecule is C=C(CCCCCCCCC)C(C)(CCCCCCNCCCC)C(=C)CCCCCCCCC. The van der Waals surface area contributed by atoms with Gasteiger partial charge in [-0.3, -0.25) is 0 Å². The highest BCUT2D eigenvalue weighted by Gasteiger charge is 2.29. The molecule has 0 saturated heterocycles. The Morgan fingerprint density at radius 1 is 0.486 bits per heavy atom. The fraction of sp³-hybridized carbons (Fsp3) is 0.882. The molecule has 35 heavy (non-hydrogen) atoms. The molecule has 1 N–H and O–H groups in total. The standard InChI is InChI=1S/C34H67N/c1-7-10-13-15-17-19-23-27-32(4)34(6,29-25-21-22-26-31-35-30-12-9-3)33(5)28-24-20-18-16-14-11-8-2/h35H,4-5,7-31H2,1-3,6H3. The molecule has 0 aliphatic carbocycles. The second kappa shape index (κ2) is 25.1. The fourth-order valence-electron chi connectivity index (χ4n) is 5.26. The fourth-order valence-corrected chi connectivity index (χ4v) is 5.26. The zero-order valence-electron chi connectivity index (χ0n) is 25.1. The van der Waals surface area contributed by atoms with E-state index in [1.807, 2.05) is 0 Å². The second-order valence-electron chi connectivity index (χ2n) is 11.5. The van der Waals surface area contributed by atoms with Crippen LogP contribution in [0.25, 0.3) is 0 Å². The van der Waals surface area contributed by atoms with Gasteiger partial charge < -0.3 is 5.32 Å². The van der Waals surface area contributed by atoms with Gasteiger partial charge >= 0.3 is 0 Å². The lowest BCUT2D eigenvalue weighted by atomic mass is 9.70.